The lowest BCUT2D eigenvalue weighted by Crippen LogP contribution is -2.35. The highest BCUT2D eigenvalue weighted by Gasteiger charge is 2.34. The summed E-state index contributed by atoms with van der Waals surface area (Å²) < 4.78 is 7.86. The van der Waals surface area contributed by atoms with E-state index in [-0.39, 0.29) is 12.1 Å². The van der Waals surface area contributed by atoms with Gasteiger partial charge in [0.1, 0.15) is 11.6 Å². The summed E-state index contributed by atoms with van der Waals surface area (Å²) in [5.41, 5.74) is 3.11. The van der Waals surface area contributed by atoms with E-state index in [1.54, 1.807) is 12.4 Å². The van der Waals surface area contributed by atoms with E-state index in [1.807, 2.05) is 29.9 Å². The summed E-state index contributed by atoms with van der Waals surface area (Å²) in [5, 5.41) is 4.47. The lowest BCUT2D eigenvalue weighted by molar-refractivity contribution is 0.104. The van der Waals surface area contributed by atoms with Gasteiger partial charge in [-0.25, -0.2) is 9.50 Å². The summed E-state index contributed by atoms with van der Waals surface area (Å²) in [6, 6.07) is 6.31. The molecule has 3 aromatic rings. The zero-order valence-corrected chi connectivity index (χ0v) is 13.3. The summed E-state index contributed by atoms with van der Waals surface area (Å²) in [6.07, 6.45) is 8.32. The van der Waals surface area contributed by atoms with Crippen LogP contribution in [0.4, 0.5) is 5.82 Å². The Morgan fingerprint density at radius 2 is 2.26 bits per heavy atom. The van der Waals surface area contributed by atoms with E-state index in [0.717, 1.165) is 35.6 Å². The predicted molar refractivity (Wildman–Crippen MR) is 87.5 cm³/mol. The second kappa shape index (κ2) is 5.62. The first-order chi connectivity index (χ1) is 11.2. The Morgan fingerprint density at radius 1 is 1.35 bits per heavy atom. The van der Waals surface area contributed by atoms with Crippen molar-refractivity contribution in [3.63, 3.8) is 0 Å². The van der Waals surface area contributed by atoms with E-state index in [1.165, 1.54) is 0 Å². The van der Waals surface area contributed by atoms with Crippen molar-refractivity contribution in [3.05, 3.63) is 54.2 Å². The van der Waals surface area contributed by atoms with Crippen molar-refractivity contribution < 1.29 is 4.74 Å². The number of likely N-dealkylation sites (N-methyl/N-ethyl adjacent to an activating group) is 1. The fourth-order valence-corrected chi connectivity index (χ4v) is 3.30. The Hall–Kier alpha value is -2.47. The number of aromatic nitrogens is 4. The van der Waals surface area contributed by atoms with E-state index in [4.69, 9.17) is 4.74 Å². The molecule has 1 fully saturated rings. The van der Waals surface area contributed by atoms with Crippen LogP contribution >= 0.6 is 0 Å². The van der Waals surface area contributed by atoms with Gasteiger partial charge in [-0.1, -0.05) is 6.07 Å². The van der Waals surface area contributed by atoms with Crippen LogP contribution in [-0.4, -0.2) is 39.3 Å². The zero-order chi connectivity index (χ0) is 15.8. The van der Waals surface area contributed by atoms with Crippen molar-refractivity contribution in [1.82, 2.24) is 19.6 Å². The maximum absolute atomic E-state index is 5.98. The van der Waals surface area contributed by atoms with Crippen LogP contribution < -0.4 is 4.90 Å². The van der Waals surface area contributed by atoms with Crippen LogP contribution in [0, 0.1) is 6.92 Å². The second-order valence-electron chi connectivity index (χ2n) is 5.91. The van der Waals surface area contributed by atoms with Gasteiger partial charge in [0.15, 0.2) is 5.82 Å². The third-order valence-corrected chi connectivity index (χ3v) is 4.40. The maximum Gasteiger partial charge on any atom is 0.154 e. The molecule has 2 atom stereocenters. The van der Waals surface area contributed by atoms with Crippen LogP contribution in [0.5, 0.6) is 0 Å². The van der Waals surface area contributed by atoms with Crippen LogP contribution in [0.1, 0.15) is 23.8 Å². The van der Waals surface area contributed by atoms with Gasteiger partial charge < -0.3 is 9.64 Å². The summed E-state index contributed by atoms with van der Waals surface area (Å²) >= 11 is 0. The fourth-order valence-electron chi connectivity index (χ4n) is 3.30. The predicted octanol–water partition coefficient (Wildman–Crippen LogP) is 2.40. The fraction of sp³-hybridized carbons (Fsp3) is 0.353. The van der Waals surface area contributed by atoms with Gasteiger partial charge in [0.25, 0.3) is 0 Å². The molecule has 1 aliphatic rings. The minimum Gasteiger partial charge on any atom is -0.371 e. The number of nitrogens with zero attached hydrogens (tertiary/aromatic N) is 5. The molecule has 3 aromatic heterocycles. The topological polar surface area (TPSA) is 55.5 Å². The van der Waals surface area contributed by atoms with Crippen LogP contribution in [0.3, 0.4) is 0 Å². The van der Waals surface area contributed by atoms with Gasteiger partial charge in [-0.2, -0.15) is 5.10 Å². The molecule has 0 aliphatic carbocycles. The van der Waals surface area contributed by atoms with Gasteiger partial charge in [-0.3, -0.25) is 4.98 Å². The van der Waals surface area contributed by atoms with E-state index in [2.05, 4.69) is 39.1 Å². The molecule has 0 bridgehead atoms. The van der Waals surface area contributed by atoms with Gasteiger partial charge in [-0.05, 0) is 25.5 Å². The molecule has 0 amide bonds. The molecule has 4 heterocycles. The normalized spacial score (nSPS) is 21.0. The number of ether oxygens (including phenoxy) is 1. The van der Waals surface area contributed by atoms with Gasteiger partial charge in [0.2, 0.25) is 0 Å². The molecule has 0 unspecified atom stereocenters. The van der Waals surface area contributed by atoms with Crippen LogP contribution in [0.2, 0.25) is 0 Å². The van der Waals surface area contributed by atoms with Crippen molar-refractivity contribution in [2.45, 2.75) is 25.5 Å². The average Bonchev–Trinajstić information content (AvgIpc) is 3.20. The molecule has 0 N–H and O–H groups in total. The average molecular weight is 309 g/mol. The minimum absolute atomic E-state index is 0.0137. The molecular formula is C17H19N5O. The monoisotopic (exact) mass is 309 g/mol. The Morgan fingerprint density at radius 3 is 3.09 bits per heavy atom. The standard InChI is InChI=1S/C17H19N5O/c1-12-10-15-17(19-7-8-22(15)20-12)21(2)14-5-9-23-16(14)13-4-3-6-18-11-13/h3-4,6-8,10-11,14,16H,5,9H2,1-2H3/t14-,16+/m0/s1. The first kappa shape index (κ1) is 14.1. The summed E-state index contributed by atoms with van der Waals surface area (Å²) in [6.45, 7) is 2.74. The Bertz CT molecular complexity index is 816. The lowest BCUT2D eigenvalue weighted by Gasteiger charge is -2.29. The van der Waals surface area contributed by atoms with Gasteiger partial charge in [0, 0.05) is 44.0 Å². The number of rotatable bonds is 3. The summed E-state index contributed by atoms with van der Waals surface area (Å²) in [7, 11) is 2.08. The van der Waals surface area contributed by atoms with Gasteiger partial charge in [0.05, 0.1) is 11.7 Å². The second-order valence-corrected chi connectivity index (χ2v) is 5.91. The smallest absolute Gasteiger partial charge is 0.154 e. The lowest BCUT2D eigenvalue weighted by atomic mass is 10.0. The van der Waals surface area contributed by atoms with Crippen molar-refractivity contribution in [2.24, 2.45) is 0 Å². The third-order valence-electron chi connectivity index (χ3n) is 4.40. The largest absolute Gasteiger partial charge is 0.371 e. The molecule has 6 nitrogen and oxygen atoms in total. The SMILES string of the molecule is Cc1cc2c(N(C)[C@H]3CCO[C@@H]3c3cccnc3)nccn2n1. The number of fused-ring (bicyclic) bond motifs is 1. The van der Waals surface area contributed by atoms with Crippen molar-refractivity contribution in [3.8, 4) is 0 Å². The van der Waals surface area contributed by atoms with Crippen LogP contribution in [0.25, 0.3) is 5.52 Å². The molecule has 0 spiro atoms. The first-order valence-corrected chi connectivity index (χ1v) is 7.79. The number of pyridine rings is 1. The van der Waals surface area contributed by atoms with Crippen LogP contribution in [0.15, 0.2) is 43.0 Å². The molecule has 0 aromatic carbocycles. The molecule has 118 valence electrons. The quantitative estimate of drug-likeness (QED) is 0.743. The Labute approximate surface area is 134 Å². The first-order valence-electron chi connectivity index (χ1n) is 7.79. The molecule has 0 radical (unpaired) electrons. The van der Waals surface area contributed by atoms with Crippen molar-refractivity contribution in [2.75, 3.05) is 18.6 Å². The Kier molecular flexibility index (Phi) is 3.46. The zero-order valence-electron chi connectivity index (χ0n) is 13.3. The molecular weight excluding hydrogens is 290 g/mol. The summed E-state index contributed by atoms with van der Waals surface area (Å²) in [5.74, 6) is 0.928. The molecule has 4 rings (SSSR count). The molecule has 0 saturated carbocycles. The summed E-state index contributed by atoms with van der Waals surface area (Å²) in [4.78, 5) is 11.0. The molecule has 6 heteroatoms. The molecule has 23 heavy (non-hydrogen) atoms. The van der Waals surface area contributed by atoms with Gasteiger partial charge >= 0.3 is 0 Å². The molecule has 1 saturated heterocycles. The van der Waals surface area contributed by atoms with E-state index in [0.29, 0.717) is 0 Å². The number of hydrogen-bond donors (Lipinski definition) is 0. The minimum atomic E-state index is 0.0137. The number of hydrogen-bond acceptors (Lipinski definition) is 5. The number of anilines is 1. The maximum atomic E-state index is 5.98. The van der Waals surface area contributed by atoms with Crippen molar-refractivity contribution >= 4 is 11.3 Å². The highest BCUT2D eigenvalue weighted by molar-refractivity contribution is 5.69. The van der Waals surface area contributed by atoms with E-state index >= 15 is 0 Å². The highest BCUT2D eigenvalue weighted by atomic mass is 16.5. The highest BCUT2D eigenvalue weighted by Crippen LogP contribution is 2.34. The number of aryl methyl sites for hydroxylation is 1. The van der Waals surface area contributed by atoms with Crippen LogP contribution in [-0.2, 0) is 4.74 Å². The molecule has 1 aliphatic heterocycles. The third kappa shape index (κ3) is 2.45. The van der Waals surface area contributed by atoms with E-state index in [9.17, 15) is 0 Å². The van der Waals surface area contributed by atoms with Crippen molar-refractivity contribution in [1.29, 1.82) is 0 Å². The van der Waals surface area contributed by atoms with E-state index < -0.39 is 0 Å². The Balaban J connectivity index is 1.71. The van der Waals surface area contributed by atoms with Gasteiger partial charge in [-0.15, -0.1) is 0 Å².